The number of halogens is 2. The minimum Gasteiger partial charge on any atom is -0.399 e. The first-order chi connectivity index (χ1) is 9.56. The highest BCUT2D eigenvalue weighted by Gasteiger charge is 2.28. The molecule has 0 spiro atoms. The molecule has 0 bridgehead atoms. The summed E-state index contributed by atoms with van der Waals surface area (Å²) in [6, 6.07) is 8.73. The molecule has 1 aliphatic heterocycles. The number of hydrogen-bond donors (Lipinski definition) is 1. The van der Waals surface area contributed by atoms with Gasteiger partial charge in [0.1, 0.15) is 11.6 Å². The fourth-order valence-corrected chi connectivity index (χ4v) is 2.38. The fraction of sp³-hybridized carbons (Fsp3) is 0.133. The molecule has 5 heteroatoms. The van der Waals surface area contributed by atoms with Gasteiger partial charge in [-0.1, -0.05) is 12.1 Å². The Morgan fingerprint density at radius 1 is 1.15 bits per heavy atom. The van der Waals surface area contributed by atoms with Crippen LogP contribution >= 0.6 is 0 Å². The summed E-state index contributed by atoms with van der Waals surface area (Å²) in [6.07, 6.45) is 0. The van der Waals surface area contributed by atoms with Gasteiger partial charge < -0.3 is 10.6 Å². The lowest BCUT2D eigenvalue weighted by Gasteiger charge is -2.16. The van der Waals surface area contributed by atoms with Crippen molar-refractivity contribution in [1.82, 2.24) is 4.90 Å². The molecule has 0 atom stereocenters. The zero-order chi connectivity index (χ0) is 14.3. The van der Waals surface area contributed by atoms with Gasteiger partial charge in [0.2, 0.25) is 0 Å². The molecule has 2 N–H and O–H groups in total. The average Bonchev–Trinajstić information content (AvgIpc) is 2.71. The Morgan fingerprint density at radius 3 is 2.55 bits per heavy atom. The molecule has 0 saturated carbocycles. The van der Waals surface area contributed by atoms with Gasteiger partial charge in [0.15, 0.2) is 0 Å². The average molecular weight is 274 g/mol. The SMILES string of the molecule is Nc1ccc2c(c1)C(=O)N(Cc1c(F)cccc1F)C2. The van der Waals surface area contributed by atoms with Gasteiger partial charge in [-0.25, -0.2) is 8.78 Å². The topological polar surface area (TPSA) is 46.3 Å². The van der Waals surface area contributed by atoms with E-state index >= 15 is 0 Å². The minimum atomic E-state index is -0.645. The van der Waals surface area contributed by atoms with Crippen molar-refractivity contribution in [3.63, 3.8) is 0 Å². The summed E-state index contributed by atoms with van der Waals surface area (Å²) in [7, 11) is 0. The molecule has 2 aromatic rings. The molecule has 3 nitrogen and oxygen atoms in total. The van der Waals surface area contributed by atoms with E-state index in [4.69, 9.17) is 5.73 Å². The summed E-state index contributed by atoms with van der Waals surface area (Å²) in [5.74, 6) is -1.54. The summed E-state index contributed by atoms with van der Waals surface area (Å²) in [5, 5.41) is 0. The Kier molecular flexibility index (Phi) is 2.89. The predicted molar refractivity (Wildman–Crippen MR) is 70.8 cm³/mol. The van der Waals surface area contributed by atoms with Crippen LogP contribution in [-0.4, -0.2) is 10.8 Å². The van der Waals surface area contributed by atoms with Crippen molar-refractivity contribution < 1.29 is 13.6 Å². The van der Waals surface area contributed by atoms with E-state index in [1.165, 1.54) is 23.1 Å². The summed E-state index contributed by atoms with van der Waals surface area (Å²) in [4.78, 5) is 13.6. The smallest absolute Gasteiger partial charge is 0.254 e. The number of nitrogen functional groups attached to an aromatic ring is 1. The quantitative estimate of drug-likeness (QED) is 0.856. The second-order valence-corrected chi connectivity index (χ2v) is 4.78. The van der Waals surface area contributed by atoms with Gasteiger partial charge in [-0.3, -0.25) is 4.79 Å². The van der Waals surface area contributed by atoms with Crippen molar-refractivity contribution in [2.75, 3.05) is 5.73 Å². The third kappa shape index (κ3) is 2.01. The van der Waals surface area contributed by atoms with Crippen LogP contribution in [0.15, 0.2) is 36.4 Å². The molecule has 2 aromatic carbocycles. The number of nitrogens with zero attached hydrogens (tertiary/aromatic N) is 1. The number of anilines is 1. The number of carbonyl (C=O) groups is 1. The maximum absolute atomic E-state index is 13.6. The van der Waals surface area contributed by atoms with Crippen LogP contribution in [0.2, 0.25) is 0 Å². The molecule has 0 saturated heterocycles. The normalized spacial score (nSPS) is 13.7. The number of benzene rings is 2. The van der Waals surface area contributed by atoms with Crippen LogP contribution in [0.3, 0.4) is 0 Å². The minimum absolute atomic E-state index is 0.0913. The second kappa shape index (κ2) is 4.59. The first-order valence-corrected chi connectivity index (χ1v) is 6.17. The van der Waals surface area contributed by atoms with Crippen LogP contribution in [0, 0.1) is 11.6 Å². The van der Waals surface area contributed by atoms with E-state index < -0.39 is 11.6 Å². The Balaban J connectivity index is 1.90. The molecule has 1 aliphatic rings. The van der Waals surface area contributed by atoms with Crippen LogP contribution in [0.5, 0.6) is 0 Å². The number of hydrogen-bond acceptors (Lipinski definition) is 2. The fourth-order valence-electron chi connectivity index (χ4n) is 2.38. The number of nitrogens with two attached hydrogens (primary N) is 1. The Morgan fingerprint density at radius 2 is 1.85 bits per heavy atom. The predicted octanol–water partition coefficient (Wildman–Crippen LogP) is 2.70. The van der Waals surface area contributed by atoms with Crippen molar-refractivity contribution in [3.8, 4) is 0 Å². The third-order valence-electron chi connectivity index (χ3n) is 3.42. The van der Waals surface area contributed by atoms with Crippen molar-refractivity contribution in [1.29, 1.82) is 0 Å². The van der Waals surface area contributed by atoms with Gasteiger partial charge >= 0.3 is 0 Å². The molecule has 102 valence electrons. The highest BCUT2D eigenvalue weighted by atomic mass is 19.1. The van der Waals surface area contributed by atoms with Crippen LogP contribution in [0.25, 0.3) is 0 Å². The van der Waals surface area contributed by atoms with Crippen LogP contribution in [0.4, 0.5) is 14.5 Å². The Bertz CT molecular complexity index is 680. The van der Waals surface area contributed by atoms with Gasteiger partial charge in [0.25, 0.3) is 5.91 Å². The van der Waals surface area contributed by atoms with E-state index in [2.05, 4.69) is 0 Å². The molecular formula is C15H12F2N2O. The molecule has 1 amide bonds. The number of fused-ring (bicyclic) bond motifs is 1. The van der Waals surface area contributed by atoms with Crippen LogP contribution < -0.4 is 5.73 Å². The Labute approximate surface area is 114 Å². The second-order valence-electron chi connectivity index (χ2n) is 4.78. The third-order valence-corrected chi connectivity index (χ3v) is 3.42. The first-order valence-electron chi connectivity index (χ1n) is 6.17. The van der Waals surface area contributed by atoms with Crippen LogP contribution in [-0.2, 0) is 13.1 Å². The van der Waals surface area contributed by atoms with E-state index in [1.807, 2.05) is 0 Å². The lowest BCUT2D eigenvalue weighted by atomic mass is 10.1. The molecule has 0 aromatic heterocycles. The summed E-state index contributed by atoms with van der Waals surface area (Å²) in [5.41, 5.74) is 7.37. The summed E-state index contributed by atoms with van der Waals surface area (Å²) < 4.78 is 27.3. The highest BCUT2D eigenvalue weighted by molar-refractivity contribution is 5.99. The highest BCUT2D eigenvalue weighted by Crippen LogP contribution is 2.27. The van der Waals surface area contributed by atoms with Gasteiger partial charge in [-0.05, 0) is 29.8 Å². The lowest BCUT2D eigenvalue weighted by Crippen LogP contribution is -2.24. The van der Waals surface area contributed by atoms with E-state index in [1.54, 1.807) is 18.2 Å². The van der Waals surface area contributed by atoms with Crippen molar-refractivity contribution in [2.45, 2.75) is 13.1 Å². The maximum atomic E-state index is 13.6. The number of carbonyl (C=O) groups excluding carboxylic acids is 1. The van der Waals surface area contributed by atoms with Gasteiger partial charge in [-0.2, -0.15) is 0 Å². The number of amides is 1. The van der Waals surface area contributed by atoms with E-state index in [0.29, 0.717) is 17.8 Å². The van der Waals surface area contributed by atoms with E-state index in [0.717, 1.165) is 5.56 Å². The molecule has 0 radical (unpaired) electrons. The molecule has 0 fully saturated rings. The zero-order valence-corrected chi connectivity index (χ0v) is 10.6. The van der Waals surface area contributed by atoms with Gasteiger partial charge in [0, 0.05) is 23.4 Å². The lowest BCUT2D eigenvalue weighted by molar-refractivity contribution is 0.0763. The van der Waals surface area contributed by atoms with E-state index in [9.17, 15) is 13.6 Å². The largest absolute Gasteiger partial charge is 0.399 e. The molecule has 0 unspecified atom stereocenters. The van der Waals surface area contributed by atoms with Crippen LogP contribution in [0.1, 0.15) is 21.5 Å². The molecular weight excluding hydrogens is 262 g/mol. The summed E-state index contributed by atoms with van der Waals surface area (Å²) >= 11 is 0. The molecule has 20 heavy (non-hydrogen) atoms. The van der Waals surface area contributed by atoms with Gasteiger partial charge in [-0.15, -0.1) is 0 Å². The van der Waals surface area contributed by atoms with E-state index in [-0.39, 0.29) is 18.0 Å². The van der Waals surface area contributed by atoms with Gasteiger partial charge in [0.05, 0.1) is 6.54 Å². The Hall–Kier alpha value is -2.43. The van der Waals surface area contributed by atoms with Crippen molar-refractivity contribution >= 4 is 11.6 Å². The molecule has 1 heterocycles. The summed E-state index contributed by atoms with van der Waals surface area (Å²) in [6.45, 7) is 0.244. The molecule has 3 rings (SSSR count). The zero-order valence-electron chi connectivity index (χ0n) is 10.6. The number of rotatable bonds is 2. The van der Waals surface area contributed by atoms with Crippen molar-refractivity contribution in [2.24, 2.45) is 0 Å². The maximum Gasteiger partial charge on any atom is 0.254 e. The van der Waals surface area contributed by atoms with Crippen molar-refractivity contribution in [3.05, 3.63) is 64.7 Å². The standard InChI is InChI=1S/C15H12F2N2O/c16-13-2-1-3-14(17)12(13)8-19-7-9-4-5-10(18)6-11(9)15(19)20/h1-6H,7-8,18H2. The molecule has 0 aliphatic carbocycles. The first kappa shape index (κ1) is 12.6. The monoisotopic (exact) mass is 274 g/mol.